The third kappa shape index (κ3) is 3.81. The number of ether oxygens (including phenoxy) is 2. The molecular weight excluding hydrogens is 395 g/mol. The topological polar surface area (TPSA) is 62.6 Å². The first-order valence-electron chi connectivity index (χ1n) is 7.95. The summed E-state index contributed by atoms with van der Waals surface area (Å²) in [6.07, 6.45) is 0.394. The lowest BCUT2D eigenvalue weighted by atomic mass is 10.0. The monoisotopic (exact) mass is 410 g/mol. The second kappa shape index (κ2) is 8.28. The highest BCUT2D eigenvalue weighted by atomic mass is 35.5. The van der Waals surface area contributed by atoms with Crippen LogP contribution in [0.1, 0.15) is 26.4 Å². The lowest BCUT2D eigenvalue weighted by Crippen LogP contribution is -2.36. The van der Waals surface area contributed by atoms with E-state index in [2.05, 4.69) is 11.0 Å². The Labute approximate surface area is 165 Å². The summed E-state index contributed by atoms with van der Waals surface area (Å²) in [6, 6.07) is 7.56. The number of rotatable bonds is 4. The largest absolute Gasteiger partial charge is 0.465 e. The molecule has 1 aromatic carbocycles. The highest BCUT2D eigenvalue weighted by molar-refractivity contribution is 7.18. The van der Waals surface area contributed by atoms with Crippen LogP contribution in [0.5, 0.6) is 0 Å². The molecule has 0 saturated carbocycles. The summed E-state index contributed by atoms with van der Waals surface area (Å²) in [5.74, 6) is -0.443. The molecule has 136 valence electrons. The lowest BCUT2D eigenvalue weighted by molar-refractivity contribution is 0.0605. The summed E-state index contributed by atoms with van der Waals surface area (Å²) in [5, 5.41) is 11.5. The lowest BCUT2D eigenvalue weighted by Gasteiger charge is -2.27. The van der Waals surface area contributed by atoms with Gasteiger partial charge in [0.1, 0.15) is 15.9 Å². The molecule has 5 nitrogen and oxygen atoms in total. The Balaban J connectivity index is 2.05. The maximum atomic E-state index is 12.3. The molecule has 2 heterocycles. The summed E-state index contributed by atoms with van der Waals surface area (Å²) < 4.78 is 10.3. The maximum Gasteiger partial charge on any atom is 0.348 e. The SMILES string of the molecule is COC(=O)c1sc(N2CCOCC2)c(C#N)c1Cc1ccc(Cl)c(Cl)c1. The molecule has 26 heavy (non-hydrogen) atoms. The molecule has 0 bridgehead atoms. The summed E-state index contributed by atoms with van der Waals surface area (Å²) in [5.41, 5.74) is 2.03. The summed E-state index contributed by atoms with van der Waals surface area (Å²) in [6.45, 7) is 2.56. The smallest absolute Gasteiger partial charge is 0.348 e. The van der Waals surface area contributed by atoms with Gasteiger partial charge in [-0.25, -0.2) is 4.79 Å². The van der Waals surface area contributed by atoms with Crippen molar-refractivity contribution in [2.45, 2.75) is 6.42 Å². The molecule has 0 N–H and O–H groups in total. The minimum absolute atomic E-state index is 0.394. The highest BCUT2D eigenvalue weighted by Crippen LogP contribution is 2.38. The molecule has 0 amide bonds. The average Bonchev–Trinajstić information content (AvgIpc) is 3.03. The maximum absolute atomic E-state index is 12.3. The molecule has 0 aliphatic carbocycles. The van der Waals surface area contributed by atoms with E-state index in [0.29, 0.717) is 58.8 Å². The Morgan fingerprint density at radius 1 is 1.35 bits per heavy atom. The van der Waals surface area contributed by atoms with Crippen molar-refractivity contribution in [3.63, 3.8) is 0 Å². The molecule has 3 rings (SSSR count). The Hall–Kier alpha value is -1.78. The molecule has 1 aliphatic rings. The molecule has 1 aliphatic heterocycles. The number of methoxy groups -OCH3 is 1. The fourth-order valence-electron chi connectivity index (χ4n) is 2.84. The van der Waals surface area contributed by atoms with Crippen LogP contribution >= 0.6 is 34.5 Å². The second-order valence-electron chi connectivity index (χ2n) is 5.72. The molecule has 2 aromatic rings. The number of nitriles is 1. The van der Waals surface area contributed by atoms with Crippen molar-refractivity contribution in [2.24, 2.45) is 0 Å². The number of thiophene rings is 1. The number of esters is 1. The molecule has 1 saturated heterocycles. The Kier molecular flexibility index (Phi) is 6.05. The van der Waals surface area contributed by atoms with Gasteiger partial charge in [-0.1, -0.05) is 29.3 Å². The minimum Gasteiger partial charge on any atom is -0.465 e. The van der Waals surface area contributed by atoms with E-state index in [-0.39, 0.29) is 0 Å². The first-order valence-corrected chi connectivity index (χ1v) is 9.53. The first-order chi connectivity index (χ1) is 12.5. The number of anilines is 1. The van der Waals surface area contributed by atoms with Crippen LogP contribution in [-0.2, 0) is 15.9 Å². The van der Waals surface area contributed by atoms with Gasteiger partial charge >= 0.3 is 5.97 Å². The van der Waals surface area contributed by atoms with Gasteiger partial charge < -0.3 is 14.4 Å². The van der Waals surface area contributed by atoms with Gasteiger partial charge in [0.15, 0.2) is 0 Å². The van der Waals surface area contributed by atoms with Crippen LogP contribution in [0.15, 0.2) is 18.2 Å². The van der Waals surface area contributed by atoms with Crippen molar-refractivity contribution in [2.75, 3.05) is 38.3 Å². The summed E-state index contributed by atoms with van der Waals surface area (Å²) >= 11 is 13.4. The summed E-state index contributed by atoms with van der Waals surface area (Å²) in [4.78, 5) is 14.8. The van der Waals surface area contributed by atoms with Gasteiger partial charge in [0.05, 0.1) is 35.9 Å². The minimum atomic E-state index is -0.443. The average molecular weight is 411 g/mol. The van der Waals surface area contributed by atoms with Crippen LogP contribution in [0.3, 0.4) is 0 Å². The van der Waals surface area contributed by atoms with Crippen molar-refractivity contribution in [1.82, 2.24) is 0 Å². The standard InChI is InChI=1S/C18H16Cl2N2O3S/c1-24-18(23)16-12(8-11-2-3-14(19)15(20)9-11)13(10-21)17(26-16)22-4-6-25-7-5-22/h2-3,9H,4-8H2,1H3. The van der Waals surface area contributed by atoms with Crippen LogP contribution < -0.4 is 4.90 Å². The zero-order valence-electron chi connectivity index (χ0n) is 14.1. The van der Waals surface area contributed by atoms with Crippen LogP contribution in [0, 0.1) is 11.3 Å². The van der Waals surface area contributed by atoms with Gasteiger partial charge in [0.25, 0.3) is 0 Å². The molecule has 1 fully saturated rings. The number of carbonyl (C=O) groups excluding carboxylic acids is 1. The highest BCUT2D eigenvalue weighted by Gasteiger charge is 2.27. The van der Waals surface area contributed by atoms with Crippen molar-refractivity contribution < 1.29 is 14.3 Å². The summed E-state index contributed by atoms with van der Waals surface area (Å²) in [7, 11) is 1.34. The molecule has 0 atom stereocenters. The van der Waals surface area contributed by atoms with Crippen molar-refractivity contribution >= 4 is 45.5 Å². The van der Waals surface area contributed by atoms with Gasteiger partial charge in [-0.05, 0) is 17.7 Å². The van der Waals surface area contributed by atoms with Gasteiger partial charge in [0.2, 0.25) is 0 Å². The number of morpholine rings is 1. The Morgan fingerprint density at radius 2 is 2.08 bits per heavy atom. The van der Waals surface area contributed by atoms with E-state index < -0.39 is 5.97 Å². The molecular formula is C18H16Cl2N2O3S. The zero-order valence-corrected chi connectivity index (χ0v) is 16.4. The Bertz CT molecular complexity index is 870. The number of nitrogens with zero attached hydrogens (tertiary/aromatic N) is 2. The van der Waals surface area contributed by atoms with Crippen LogP contribution in [0.25, 0.3) is 0 Å². The number of carbonyl (C=O) groups is 1. The second-order valence-corrected chi connectivity index (χ2v) is 7.53. The van der Waals surface area contributed by atoms with Crippen LogP contribution in [0.2, 0.25) is 10.0 Å². The number of hydrogen-bond acceptors (Lipinski definition) is 6. The third-order valence-electron chi connectivity index (χ3n) is 4.13. The number of benzene rings is 1. The van der Waals surface area contributed by atoms with Gasteiger partial charge in [-0.15, -0.1) is 11.3 Å². The van der Waals surface area contributed by atoms with E-state index in [1.54, 1.807) is 12.1 Å². The first kappa shape index (κ1) is 19.0. The zero-order chi connectivity index (χ0) is 18.7. The number of halogens is 2. The normalized spacial score (nSPS) is 14.2. The molecule has 0 spiro atoms. The molecule has 1 aromatic heterocycles. The van der Waals surface area contributed by atoms with Crippen molar-refractivity contribution in [3.05, 3.63) is 49.8 Å². The fraction of sp³-hybridized carbons (Fsp3) is 0.333. The van der Waals surface area contributed by atoms with Crippen molar-refractivity contribution in [1.29, 1.82) is 5.26 Å². The van der Waals surface area contributed by atoms with Crippen molar-refractivity contribution in [3.8, 4) is 6.07 Å². The van der Waals surface area contributed by atoms with E-state index in [9.17, 15) is 10.1 Å². The van der Waals surface area contributed by atoms with E-state index in [1.165, 1.54) is 18.4 Å². The number of hydrogen-bond donors (Lipinski definition) is 0. The van der Waals surface area contributed by atoms with E-state index in [4.69, 9.17) is 32.7 Å². The molecule has 0 radical (unpaired) electrons. The third-order valence-corrected chi connectivity index (χ3v) is 6.15. The predicted molar refractivity (Wildman–Crippen MR) is 103 cm³/mol. The van der Waals surface area contributed by atoms with Gasteiger partial charge in [0, 0.05) is 25.1 Å². The van der Waals surface area contributed by atoms with E-state index >= 15 is 0 Å². The van der Waals surface area contributed by atoms with Crippen LogP contribution in [0.4, 0.5) is 5.00 Å². The van der Waals surface area contributed by atoms with Gasteiger partial charge in [-0.3, -0.25) is 0 Å². The van der Waals surface area contributed by atoms with Gasteiger partial charge in [-0.2, -0.15) is 5.26 Å². The molecule has 8 heteroatoms. The van der Waals surface area contributed by atoms with Crippen LogP contribution in [-0.4, -0.2) is 39.4 Å². The van der Waals surface area contributed by atoms with E-state index in [0.717, 1.165) is 10.6 Å². The predicted octanol–water partition coefficient (Wildman–Crippen LogP) is 4.14. The molecule has 0 unspecified atom stereocenters. The Morgan fingerprint density at radius 3 is 2.69 bits per heavy atom. The fourth-order valence-corrected chi connectivity index (χ4v) is 4.40. The quantitative estimate of drug-likeness (QED) is 0.708. The van der Waals surface area contributed by atoms with E-state index in [1.807, 2.05) is 6.07 Å².